The van der Waals surface area contributed by atoms with Crippen molar-refractivity contribution in [3.8, 4) is 0 Å². The van der Waals surface area contributed by atoms with E-state index in [1.165, 1.54) is 22.3 Å². The van der Waals surface area contributed by atoms with Crippen molar-refractivity contribution in [3.63, 3.8) is 0 Å². The Labute approximate surface area is 146 Å². The summed E-state index contributed by atoms with van der Waals surface area (Å²) in [5, 5.41) is 22.4. The van der Waals surface area contributed by atoms with Gasteiger partial charge in [0.05, 0.1) is 18.8 Å². The fourth-order valence-electron chi connectivity index (χ4n) is 5.54. The molecule has 0 heterocycles. The highest BCUT2D eigenvalue weighted by Crippen LogP contribution is 2.56. The van der Waals surface area contributed by atoms with Crippen molar-refractivity contribution < 1.29 is 14.9 Å². The zero-order chi connectivity index (χ0) is 17.6. The second kappa shape index (κ2) is 6.59. The Bertz CT molecular complexity index is 559. The zero-order valence-electron chi connectivity index (χ0n) is 15.9. The molecule has 0 amide bonds. The minimum absolute atomic E-state index is 0.190. The lowest BCUT2D eigenvalue weighted by atomic mass is 9.65. The van der Waals surface area contributed by atoms with Gasteiger partial charge in [0.1, 0.15) is 0 Å². The van der Waals surface area contributed by atoms with E-state index in [1.807, 2.05) is 0 Å². The predicted molar refractivity (Wildman–Crippen MR) is 96.6 cm³/mol. The van der Waals surface area contributed by atoms with Gasteiger partial charge in [-0.2, -0.15) is 0 Å². The van der Waals surface area contributed by atoms with Crippen LogP contribution in [0.4, 0.5) is 0 Å². The number of aliphatic hydroxyl groups excluding tert-OH is 2. The smallest absolute Gasteiger partial charge is 0.0847 e. The van der Waals surface area contributed by atoms with Gasteiger partial charge in [0.25, 0.3) is 0 Å². The van der Waals surface area contributed by atoms with Gasteiger partial charge in [-0.05, 0) is 61.0 Å². The van der Waals surface area contributed by atoms with Gasteiger partial charge in [-0.1, -0.05) is 38.8 Å². The van der Waals surface area contributed by atoms with Crippen LogP contribution in [0, 0.1) is 23.2 Å². The minimum atomic E-state index is -0.434. The molecule has 5 atom stereocenters. The average Bonchev–Trinajstić information content (AvgIpc) is 3.08. The molecule has 2 N–H and O–H groups in total. The SMILES string of the molecule is COCC1=C2[C@@H](CC1)[C@@H](C)[C@H](O)CC1=C(C(C)C)CC[C@]1(C)[C@@H]2O. The van der Waals surface area contributed by atoms with E-state index in [9.17, 15) is 10.2 Å². The number of methoxy groups -OCH3 is 1. The first-order valence-corrected chi connectivity index (χ1v) is 9.60. The molecule has 3 heteroatoms. The summed E-state index contributed by atoms with van der Waals surface area (Å²) in [6.45, 7) is 9.47. The summed E-state index contributed by atoms with van der Waals surface area (Å²) < 4.78 is 5.42. The molecule has 24 heavy (non-hydrogen) atoms. The number of hydrogen-bond acceptors (Lipinski definition) is 3. The van der Waals surface area contributed by atoms with Gasteiger partial charge in [-0.25, -0.2) is 0 Å². The van der Waals surface area contributed by atoms with Crippen molar-refractivity contribution in [2.24, 2.45) is 23.2 Å². The number of fused-ring (bicyclic) bond motifs is 2. The lowest BCUT2D eigenvalue weighted by Gasteiger charge is -2.43. The van der Waals surface area contributed by atoms with Crippen LogP contribution in [0.5, 0.6) is 0 Å². The number of hydrogen-bond donors (Lipinski definition) is 2. The second-order valence-electron chi connectivity index (χ2n) is 8.75. The Morgan fingerprint density at radius 2 is 1.96 bits per heavy atom. The molecule has 0 spiro atoms. The molecule has 3 aliphatic carbocycles. The molecule has 0 bridgehead atoms. The van der Waals surface area contributed by atoms with E-state index in [0.29, 0.717) is 18.4 Å². The molecule has 0 aromatic rings. The van der Waals surface area contributed by atoms with Crippen molar-refractivity contribution in [3.05, 3.63) is 22.3 Å². The van der Waals surface area contributed by atoms with Gasteiger partial charge >= 0.3 is 0 Å². The minimum Gasteiger partial charge on any atom is -0.392 e. The maximum Gasteiger partial charge on any atom is 0.0847 e. The summed E-state index contributed by atoms with van der Waals surface area (Å²) in [7, 11) is 1.73. The highest BCUT2D eigenvalue weighted by atomic mass is 16.5. The molecule has 1 fully saturated rings. The molecular weight excluding hydrogens is 300 g/mol. The van der Waals surface area contributed by atoms with E-state index in [-0.39, 0.29) is 17.4 Å². The van der Waals surface area contributed by atoms with Gasteiger partial charge in [-0.15, -0.1) is 0 Å². The lowest BCUT2D eigenvalue weighted by molar-refractivity contribution is 0.0296. The molecule has 0 radical (unpaired) electrons. The maximum atomic E-state index is 11.5. The average molecular weight is 335 g/mol. The molecule has 3 rings (SSSR count). The Kier molecular flexibility index (Phi) is 4.98. The van der Waals surface area contributed by atoms with E-state index in [1.54, 1.807) is 7.11 Å². The number of ether oxygens (including phenoxy) is 1. The van der Waals surface area contributed by atoms with Crippen LogP contribution in [-0.4, -0.2) is 36.1 Å². The maximum absolute atomic E-state index is 11.5. The lowest BCUT2D eigenvalue weighted by Crippen LogP contribution is -2.42. The van der Waals surface area contributed by atoms with Gasteiger partial charge in [0.2, 0.25) is 0 Å². The fraction of sp³-hybridized carbons (Fsp3) is 0.810. The van der Waals surface area contributed by atoms with Crippen LogP contribution in [0.1, 0.15) is 59.8 Å². The van der Waals surface area contributed by atoms with E-state index in [2.05, 4.69) is 27.7 Å². The summed E-state index contributed by atoms with van der Waals surface area (Å²) in [5.74, 6) is 0.972. The Morgan fingerprint density at radius 3 is 2.58 bits per heavy atom. The molecule has 0 unspecified atom stereocenters. The fourth-order valence-corrected chi connectivity index (χ4v) is 5.54. The van der Waals surface area contributed by atoms with E-state index in [0.717, 1.165) is 32.1 Å². The van der Waals surface area contributed by atoms with Gasteiger partial charge in [-0.3, -0.25) is 0 Å². The third-order valence-electron chi connectivity index (χ3n) is 7.12. The Balaban J connectivity index is 2.12. The first-order chi connectivity index (χ1) is 11.3. The molecule has 136 valence electrons. The normalized spacial score (nSPS) is 40.0. The number of aliphatic hydroxyl groups is 2. The quantitative estimate of drug-likeness (QED) is 0.771. The van der Waals surface area contributed by atoms with Crippen LogP contribution in [0.25, 0.3) is 0 Å². The summed E-state index contributed by atoms with van der Waals surface area (Å²) in [6, 6.07) is 0. The second-order valence-corrected chi connectivity index (χ2v) is 8.75. The van der Waals surface area contributed by atoms with Crippen molar-refractivity contribution in [1.82, 2.24) is 0 Å². The highest BCUT2D eigenvalue weighted by Gasteiger charge is 2.50. The Morgan fingerprint density at radius 1 is 1.25 bits per heavy atom. The molecule has 0 aromatic heterocycles. The van der Waals surface area contributed by atoms with Crippen molar-refractivity contribution >= 4 is 0 Å². The summed E-state index contributed by atoms with van der Waals surface area (Å²) >= 11 is 0. The predicted octanol–water partition coefficient (Wildman–Crippen LogP) is 3.85. The zero-order valence-corrected chi connectivity index (χ0v) is 15.9. The molecule has 0 aromatic carbocycles. The van der Waals surface area contributed by atoms with Crippen LogP contribution >= 0.6 is 0 Å². The van der Waals surface area contributed by atoms with Crippen LogP contribution in [0.3, 0.4) is 0 Å². The van der Waals surface area contributed by atoms with Crippen LogP contribution < -0.4 is 0 Å². The van der Waals surface area contributed by atoms with E-state index >= 15 is 0 Å². The van der Waals surface area contributed by atoms with Crippen LogP contribution in [0.15, 0.2) is 22.3 Å². The van der Waals surface area contributed by atoms with Crippen molar-refractivity contribution in [2.45, 2.75) is 72.0 Å². The number of allylic oxidation sites excluding steroid dienone is 1. The molecule has 0 saturated heterocycles. The monoisotopic (exact) mass is 334 g/mol. The van der Waals surface area contributed by atoms with Crippen LogP contribution in [0.2, 0.25) is 0 Å². The largest absolute Gasteiger partial charge is 0.392 e. The summed E-state index contributed by atoms with van der Waals surface area (Å²) in [4.78, 5) is 0. The number of rotatable bonds is 3. The topological polar surface area (TPSA) is 49.7 Å². The molecule has 1 saturated carbocycles. The van der Waals surface area contributed by atoms with Gasteiger partial charge < -0.3 is 14.9 Å². The third kappa shape index (κ3) is 2.69. The van der Waals surface area contributed by atoms with Crippen molar-refractivity contribution in [1.29, 1.82) is 0 Å². The van der Waals surface area contributed by atoms with Crippen molar-refractivity contribution in [2.75, 3.05) is 13.7 Å². The van der Waals surface area contributed by atoms with Gasteiger partial charge in [0.15, 0.2) is 0 Å². The summed E-state index contributed by atoms with van der Waals surface area (Å²) in [6.07, 6.45) is 4.06. The molecule has 3 aliphatic rings. The van der Waals surface area contributed by atoms with Crippen LogP contribution in [-0.2, 0) is 4.74 Å². The van der Waals surface area contributed by atoms with E-state index < -0.39 is 6.10 Å². The first kappa shape index (κ1) is 18.2. The standard InChI is InChI=1S/C21H34O3/c1-12(2)15-8-9-21(4)17(15)10-18(22)13(3)16-7-6-14(11-24-5)19(16)20(21)23/h12-13,16,18,20,22-23H,6-11H2,1-5H3/t13-,16+,18-,20-,21+/m1/s1. The molecular formula is C21H34O3. The van der Waals surface area contributed by atoms with Gasteiger partial charge in [0, 0.05) is 12.5 Å². The molecule has 0 aliphatic heterocycles. The first-order valence-electron chi connectivity index (χ1n) is 9.60. The Hall–Kier alpha value is -0.640. The van der Waals surface area contributed by atoms with E-state index in [4.69, 9.17) is 4.74 Å². The summed E-state index contributed by atoms with van der Waals surface area (Å²) in [5.41, 5.74) is 5.03. The molecule has 3 nitrogen and oxygen atoms in total. The highest BCUT2D eigenvalue weighted by molar-refractivity contribution is 5.39. The third-order valence-corrected chi connectivity index (χ3v) is 7.12.